The minimum Gasteiger partial charge on any atom is -0.495 e. The molecule has 2 amide bonds. The molecule has 6 nitrogen and oxygen atoms in total. The van der Waals surface area contributed by atoms with Gasteiger partial charge in [0.1, 0.15) is 5.75 Å². The van der Waals surface area contributed by atoms with Gasteiger partial charge in [-0.2, -0.15) is 0 Å². The number of carbonyl (C=O) groups is 1. The number of hydrogen-bond acceptors (Lipinski definition) is 4. The van der Waals surface area contributed by atoms with Gasteiger partial charge in [-0.1, -0.05) is 12.1 Å². The standard InChI is InChI=1S/C16H26N4O2/c1-3-17-16(21)18-8-9-19-10-12-20(13-11-19)14-6-4-5-7-15(14)22-2/h4-7H,3,8-13H2,1-2H3,(H2,17,18,21). The van der Waals surface area contributed by atoms with E-state index in [9.17, 15) is 4.79 Å². The Morgan fingerprint density at radius 2 is 1.91 bits per heavy atom. The summed E-state index contributed by atoms with van der Waals surface area (Å²) in [6, 6.07) is 8.05. The monoisotopic (exact) mass is 306 g/mol. The molecule has 2 N–H and O–H groups in total. The van der Waals surface area contributed by atoms with E-state index in [4.69, 9.17) is 4.74 Å². The Morgan fingerprint density at radius 1 is 1.18 bits per heavy atom. The summed E-state index contributed by atoms with van der Waals surface area (Å²) in [5, 5.41) is 5.60. The number of urea groups is 1. The zero-order chi connectivity index (χ0) is 15.8. The van der Waals surface area contributed by atoms with Crippen molar-refractivity contribution in [2.45, 2.75) is 6.92 Å². The van der Waals surface area contributed by atoms with E-state index in [1.165, 1.54) is 0 Å². The van der Waals surface area contributed by atoms with E-state index in [0.29, 0.717) is 13.1 Å². The molecule has 0 unspecified atom stereocenters. The normalized spacial score (nSPS) is 15.5. The minimum atomic E-state index is -0.0878. The molecule has 2 rings (SSSR count). The molecular weight excluding hydrogens is 280 g/mol. The maximum atomic E-state index is 11.3. The molecule has 1 saturated heterocycles. The van der Waals surface area contributed by atoms with Gasteiger partial charge in [0.2, 0.25) is 0 Å². The first-order chi connectivity index (χ1) is 10.7. The van der Waals surface area contributed by atoms with Crippen LogP contribution >= 0.6 is 0 Å². The van der Waals surface area contributed by atoms with E-state index in [1.807, 2.05) is 25.1 Å². The highest BCUT2D eigenvalue weighted by atomic mass is 16.5. The minimum absolute atomic E-state index is 0.0878. The zero-order valence-electron chi connectivity index (χ0n) is 13.5. The molecule has 1 aromatic carbocycles. The molecule has 0 atom stereocenters. The number of anilines is 1. The first-order valence-electron chi connectivity index (χ1n) is 7.86. The van der Waals surface area contributed by atoms with Crippen LogP contribution in [0, 0.1) is 0 Å². The molecule has 1 fully saturated rings. The van der Waals surface area contributed by atoms with E-state index < -0.39 is 0 Å². The lowest BCUT2D eigenvalue weighted by Crippen LogP contribution is -2.49. The highest BCUT2D eigenvalue weighted by Gasteiger charge is 2.19. The Hall–Kier alpha value is -1.95. The second kappa shape index (κ2) is 8.48. The Kier molecular flexibility index (Phi) is 6.33. The van der Waals surface area contributed by atoms with Crippen LogP contribution in [0.1, 0.15) is 6.92 Å². The fourth-order valence-corrected chi connectivity index (χ4v) is 2.65. The van der Waals surface area contributed by atoms with E-state index in [2.05, 4.69) is 26.5 Å². The summed E-state index contributed by atoms with van der Waals surface area (Å²) in [6.45, 7) is 8.07. The fourth-order valence-electron chi connectivity index (χ4n) is 2.65. The number of para-hydroxylation sites is 2. The van der Waals surface area contributed by atoms with Crippen LogP contribution in [-0.2, 0) is 0 Å². The lowest BCUT2D eigenvalue weighted by Gasteiger charge is -2.36. The van der Waals surface area contributed by atoms with Crippen molar-refractivity contribution < 1.29 is 9.53 Å². The van der Waals surface area contributed by atoms with Crippen molar-refractivity contribution in [2.24, 2.45) is 0 Å². The molecule has 0 aliphatic carbocycles. The molecular formula is C16H26N4O2. The maximum absolute atomic E-state index is 11.3. The number of ether oxygens (including phenoxy) is 1. The van der Waals surface area contributed by atoms with Gasteiger partial charge in [-0.05, 0) is 19.1 Å². The average molecular weight is 306 g/mol. The van der Waals surface area contributed by atoms with Gasteiger partial charge in [0.15, 0.2) is 0 Å². The van der Waals surface area contributed by atoms with Gasteiger partial charge in [0, 0.05) is 45.8 Å². The lowest BCUT2D eigenvalue weighted by atomic mass is 10.2. The number of piperazine rings is 1. The van der Waals surface area contributed by atoms with Crippen LogP contribution in [0.4, 0.5) is 10.5 Å². The summed E-state index contributed by atoms with van der Waals surface area (Å²) in [7, 11) is 1.71. The lowest BCUT2D eigenvalue weighted by molar-refractivity contribution is 0.232. The molecule has 0 saturated carbocycles. The molecule has 1 aromatic rings. The van der Waals surface area contributed by atoms with Crippen LogP contribution < -0.4 is 20.3 Å². The largest absolute Gasteiger partial charge is 0.495 e. The van der Waals surface area contributed by atoms with Crippen LogP contribution in [0.15, 0.2) is 24.3 Å². The Balaban J connectivity index is 1.75. The number of carbonyl (C=O) groups excluding carboxylic acids is 1. The van der Waals surface area contributed by atoms with E-state index in [-0.39, 0.29) is 6.03 Å². The number of benzene rings is 1. The van der Waals surface area contributed by atoms with E-state index >= 15 is 0 Å². The molecule has 1 aliphatic heterocycles. The smallest absolute Gasteiger partial charge is 0.314 e. The third kappa shape index (κ3) is 4.53. The van der Waals surface area contributed by atoms with E-state index in [1.54, 1.807) is 7.11 Å². The summed E-state index contributed by atoms with van der Waals surface area (Å²) in [5.74, 6) is 0.925. The number of rotatable bonds is 6. The Bertz CT molecular complexity index is 473. The first kappa shape index (κ1) is 16.4. The number of methoxy groups -OCH3 is 1. The molecule has 6 heteroatoms. The van der Waals surface area contributed by atoms with Crippen LogP contribution in [-0.4, -0.2) is 63.9 Å². The summed E-state index contributed by atoms with van der Waals surface area (Å²) in [5.41, 5.74) is 1.16. The zero-order valence-corrected chi connectivity index (χ0v) is 13.5. The summed E-state index contributed by atoms with van der Waals surface area (Å²) in [4.78, 5) is 16.1. The molecule has 0 aromatic heterocycles. The quantitative estimate of drug-likeness (QED) is 0.827. The van der Waals surface area contributed by atoms with Crippen molar-refractivity contribution in [1.29, 1.82) is 0 Å². The van der Waals surface area contributed by atoms with Crippen molar-refractivity contribution in [3.63, 3.8) is 0 Å². The second-order valence-corrected chi connectivity index (χ2v) is 5.29. The summed E-state index contributed by atoms with van der Waals surface area (Å²) in [6.07, 6.45) is 0. The van der Waals surface area contributed by atoms with Gasteiger partial charge < -0.3 is 20.3 Å². The van der Waals surface area contributed by atoms with Gasteiger partial charge in [-0.25, -0.2) is 4.79 Å². The van der Waals surface area contributed by atoms with Crippen LogP contribution in [0.25, 0.3) is 0 Å². The van der Waals surface area contributed by atoms with Gasteiger partial charge in [0.05, 0.1) is 12.8 Å². The molecule has 122 valence electrons. The second-order valence-electron chi connectivity index (χ2n) is 5.29. The Labute approximate surface area is 132 Å². The summed E-state index contributed by atoms with van der Waals surface area (Å²) < 4.78 is 5.43. The fraction of sp³-hybridized carbons (Fsp3) is 0.562. The molecule has 0 radical (unpaired) electrons. The van der Waals surface area contributed by atoms with Crippen molar-refractivity contribution in [2.75, 3.05) is 57.8 Å². The van der Waals surface area contributed by atoms with E-state index in [0.717, 1.165) is 44.2 Å². The highest BCUT2D eigenvalue weighted by molar-refractivity contribution is 5.73. The number of hydrogen-bond donors (Lipinski definition) is 2. The number of amides is 2. The van der Waals surface area contributed by atoms with Crippen LogP contribution in [0.5, 0.6) is 5.75 Å². The average Bonchev–Trinajstić information content (AvgIpc) is 2.56. The third-order valence-electron chi connectivity index (χ3n) is 3.85. The predicted molar refractivity (Wildman–Crippen MR) is 88.7 cm³/mol. The van der Waals surface area contributed by atoms with Gasteiger partial charge >= 0.3 is 6.03 Å². The van der Waals surface area contributed by atoms with Gasteiger partial charge in [0.25, 0.3) is 0 Å². The Morgan fingerprint density at radius 3 is 2.59 bits per heavy atom. The maximum Gasteiger partial charge on any atom is 0.314 e. The number of nitrogens with zero attached hydrogens (tertiary/aromatic N) is 2. The van der Waals surface area contributed by atoms with Crippen LogP contribution in [0.3, 0.4) is 0 Å². The first-order valence-corrected chi connectivity index (χ1v) is 7.86. The predicted octanol–water partition coefficient (Wildman–Crippen LogP) is 1.14. The van der Waals surface area contributed by atoms with Crippen molar-refractivity contribution in [3.8, 4) is 5.75 Å². The highest BCUT2D eigenvalue weighted by Crippen LogP contribution is 2.28. The van der Waals surface area contributed by atoms with Gasteiger partial charge in [-0.15, -0.1) is 0 Å². The molecule has 1 heterocycles. The van der Waals surface area contributed by atoms with Crippen molar-refractivity contribution in [1.82, 2.24) is 15.5 Å². The molecule has 1 aliphatic rings. The molecule has 22 heavy (non-hydrogen) atoms. The third-order valence-corrected chi connectivity index (χ3v) is 3.85. The van der Waals surface area contributed by atoms with Crippen molar-refractivity contribution >= 4 is 11.7 Å². The molecule has 0 spiro atoms. The molecule has 0 bridgehead atoms. The van der Waals surface area contributed by atoms with Crippen LogP contribution in [0.2, 0.25) is 0 Å². The topological polar surface area (TPSA) is 56.8 Å². The SMILES string of the molecule is CCNC(=O)NCCN1CCN(c2ccccc2OC)CC1. The number of nitrogens with one attached hydrogen (secondary N) is 2. The van der Waals surface area contributed by atoms with Crippen molar-refractivity contribution in [3.05, 3.63) is 24.3 Å². The summed E-state index contributed by atoms with van der Waals surface area (Å²) >= 11 is 0. The van der Waals surface area contributed by atoms with Gasteiger partial charge in [-0.3, -0.25) is 4.90 Å².